The summed E-state index contributed by atoms with van der Waals surface area (Å²) < 4.78 is 28.6. The lowest BCUT2D eigenvalue weighted by atomic mass is 10.2. The van der Waals surface area contributed by atoms with Crippen LogP contribution < -0.4 is 21.3 Å². The summed E-state index contributed by atoms with van der Waals surface area (Å²) in [6.45, 7) is 2.02. The van der Waals surface area contributed by atoms with Crippen molar-refractivity contribution >= 4 is 21.4 Å². The van der Waals surface area contributed by atoms with E-state index in [4.69, 9.17) is 5.73 Å². The van der Waals surface area contributed by atoms with E-state index in [0.717, 1.165) is 5.56 Å². The van der Waals surface area contributed by atoms with Crippen molar-refractivity contribution in [3.8, 4) is 0 Å². The Morgan fingerprint density at radius 3 is 2.55 bits per heavy atom. The summed E-state index contributed by atoms with van der Waals surface area (Å²) in [7, 11) is -3.68. The highest BCUT2D eigenvalue weighted by molar-refractivity contribution is 7.89. The Kier molecular flexibility index (Phi) is 6.12. The fraction of sp³-hybridized carbons (Fsp3) is 0.200. The Labute approximate surface area is 168 Å². The third-order valence-corrected chi connectivity index (χ3v) is 5.94. The van der Waals surface area contributed by atoms with Crippen LogP contribution in [0, 0.1) is 0 Å². The van der Waals surface area contributed by atoms with Crippen LogP contribution in [0.4, 0.5) is 0 Å². The largest absolute Gasteiger partial charge is 0.350 e. The third kappa shape index (κ3) is 4.89. The average molecular weight is 414 g/mol. The molecule has 0 bridgehead atoms. The molecule has 0 saturated heterocycles. The van der Waals surface area contributed by atoms with Crippen molar-refractivity contribution in [1.29, 1.82) is 0 Å². The number of aromatic nitrogens is 1. The zero-order valence-electron chi connectivity index (χ0n) is 15.8. The van der Waals surface area contributed by atoms with Gasteiger partial charge in [-0.2, -0.15) is 0 Å². The molecule has 0 radical (unpaired) electrons. The van der Waals surface area contributed by atoms with Gasteiger partial charge in [-0.05, 0) is 36.8 Å². The van der Waals surface area contributed by atoms with Crippen LogP contribution >= 0.6 is 0 Å². The smallest absolute Gasteiger partial charge is 0.255 e. The normalized spacial score (nSPS) is 12.6. The molecule has 1 amide bonds. The number of amides is 1. The van der Waals surface area contributed by atoms with Gasteiger partial charge in [0.15, 0.2) is 0 Å². The molecule has 0 aliphatic carbocycles. The number of pyridine rings is 2. The second kappa shape index (κ2) is 8.56. The maximum absolute atomic E-state index is 12.4. The molecule has 9 heteroatoms. The highest BCUT2D eigenvalue weighted by Gasteiger charge is 2.18. The van der Waals surface area contributed by atoms with Crippen LogP contribution in [0.2, 0.25) is 0 Å². The molecule has 3 rings (SSSR count). The van der Waals surface area contributed by atoms with Crippen LogP contribution in [-0.4, -0.2) is 31.3 Å². The van der Waals surface area contributed by atoms with Gasteiger partial charge in [-0.1, -0.05) is 24.3 Å². The molecule has 152 valence electrons. The molecule has 3 aromatic rings. The molecule has 1 aromatic carbocycles. The first-order chi connectivity index (χ1) is 13.8. The number of sulfonamides is 1. The summed E-state index contributed by atoms with van der Waals surface area (Å²) >= 11 is 0. The van der Waals surface area contributed by atoms with E-state index in [1.807, 2.05) is 0 Å². The SMILES string of the molecule is CC(CNC(=O)c1cc(=O)n2cc(CN)ccc2c1)NS(=O)(=O)c1ccccc1. The zero-order chi connectivity index (χ0) is 21.0. The second-order valence-electron chi connectivity index (χ2n) is 6.66. The van der Waals surface area contributed by atoms with E-state index in [0.29, 0.717) is 12.1 Å². The van der Waals surface area contributed by atoms with Crippen molar-refractivity contribution in [3.63, 3.8) is 0 Å². The summed E-state index contributed by atoms with van der Waals surface area (Å²) in [5, 5.41) is 2.65. The lowest BCUT2D eigenvalue weighted by Crippen LogP contribution is -2.41. The minimum absolute atomic E-state index is 0.0659. The first-order valence-electron chi connectivity index (χ1n) is 9.01. The Morgan fingerprint density at radius 2 is 1.86 bits per heavy atom. The summed E-state index contributed by atoms with van der Waals surface area (Å²) in [5.74, 6) is -0.460. The molecule has 0 aliphatic heterocycles. The number of rotatable bonds is 7. The topological polar surface area (TPSA) is 123 Å². The first-order valence-corrected chi connectivity index (χ1v) is 10.5. The van der Waals surface area contributed by atoms with Gasteiger partial charge in [-0.25, -0.2) is 13.1 Å². The number of hydrogen-bond acceptors (Lipinski definition) is 5. The van der Waals surface area contributed by atoms with E-state index in [2.05, 4.69) is 10.0 Å². The van der Waals surface area contributed by atoms with Crippen LogP contribution in [0.25, 0.3) is 5.52 Å². The number of hydrogen-bond donors (Lipinski definition) is 3. The van der Waals surface area contributed by atoms with Gasteiger partial charge in [0.1, 0.15) is 0 Å². The predicted octanol–water partition coefficient (Wildman–Crippen LogP) is 0.855. The quantitative estimate of drug-likeness (QED) is 0.529. The van der Waals surface area contributed by atoms with E-state index in [1.165, 1.54) is 22.6 Å². The molecule has 0 spiro atoms. The molecule has 2 heterocycles. The van der Waals surface area contributed by atoms with Crippen LogP contribution in [0.5, 0.6) is 0 Å². The van der Waals surface area contributed by atoms with E-state index in [9.17, 15) is 18.0 Å². The molecular weight excluding hydrogens is 392 g/mol. The molecule has 0 aliphatic rings. The Balaban J connectivity index is 1.68. The van der Waals surface area contributed by atoms with Crippen molar-refractivity contribution in [1.82, 2.24) is 14.4 Å². The molecule has 0 fully saturated rings. The monoisotopic (exact) mass is 414 g/mol. The van der Waals surface area contributed by atoms with Gasteiger partial charge in [0.05, 0.1) is 4.90 Å². The number of benzene rings is 1. The average Bonchev–Trinajstić information content (AvgIpc) is 2.72. The molecule has 2 aromatic heterocycles. The Hall–Kier alpha value is -3.01. The van der Waals surface area contributed by atoms with Crippen LogP contribution in [0.1, 0.15) is 22.8 Å². The maximum atomic E-state index is 12.4. The van der Waals surface area contributed by atoms with Crippen LogP contribution in [0.3, 0.4) is 0 Å². The number of carbonyl (C=O) groups is 1. The van der Waals surface area contributed by atoms with Gasteiger partial charge in [0.25, 0.3) is 11.5 Å². The summed E-state index contributed by atoms with van der Waals surface area (Å²) in [6, 6.07) is 13.8. The molecular formula is C20H22N4O4S. The number of nitrogens with two attached hydrogens (primary N) is 1. The van der Waals surface area contributed by atoms with Gasteiger partial charge in [0, 0.05) is 42.5 Å². The van der Waals surface area contributed by atoms with Gasteiger partial charge in [-0.3, -0.25) is 14.0 Å². The number of fused-ring (bicyclic) bond motifs is 1. The summed E-state index contributed by atoms with van der Waals surface area (Å²) in [5.41, 5.74) is 6.81. The summed E-state index contributed by atoms with van der Waals surface area (Å²) in [6.07, 6.45) is 1.64. The van der Waals surface area contributed by atoms with Gasteiger partial charge < -0.3 is 11.1 Å². The summed E-state index contributed by atoms with van der Waals surface area (Å²) in [4.78, 5) is 24.9. The lowest BCUT2D eigenvalue weighted by molar-refractivity contribution is 0.0951. The molecule has 29 heavy (non-hydrogen) atoms. The van der Waals surface area contributed by atoms with E-state index in [1.54, 1.807) is 49.5 Å². The maximum Gasteiger partial charge on any atom is 0.255 e. The minimum Gasteiger partial charge on any atom is -0.350 e. The lowest BCUT2D eigenvalue weighted by Gasteiger charge is -2.15. The third-order valence-electron chi connectivity index (χ3n) is 4.34. The first kappa shape index (κ1) is 20.7. The molecule has 8 nitrogen and oxygen atoms in total. The highest BCUT2D eigenvalue weighted by Crippen LogP contribution is 2.09. The van der Waals surface area contributed by atoms with E-state index < -0.39 is 22.0 Å². The molecule has 1 unspecified atom stereocenters. The van der Waals surface area contributed by atoms with Crippen molar-refractivity contribution in [2.75, 3.05) is 6.54 Å². The van der Waals surface area contributed by atoms with Crippen LogP contribution in [-0.2, 0) is 16.6 Å². The van der Waals surface area contributed by atoms with Gasteiger partial charge >= 0.3 is 0 Å². The molecule has 1 atom stereocenters. The molecule has 0 saturated carbocycles. The number of nitrogens with one attached hydrogen (secondary N) is 2. The van der Waals surface area contributed by atoms with Gasteiger partial charge in [-0.15, -0.1) is 0 Å². The van der Waals surface area contributed by atoms with Crippen molar-refractivity contribution in [2.24, 2.45) is 5.73 Å². The number of nitrogens with zero attached hydrogens (tertiary/aromatic N) is 1. The Bertz CT molecular complexity index is 1190. The van der Waals surface area contributed by atoms with E-state index in [-0.39, 0.29) is 22.6 Å². The standard InChI is InChI=1S/C20H22N4O4S/c1-14(23-29(27,28)18-5-3-2-4-6-18)12-22-20(26)16-9-17-8-7-15(11-21)13-24(17)19(25)10-16/h2-10,13-14,23H,11-12,21H2,1H3,(H,22,26). The Morgan fingerprint density at radius 1 is 1.14 bits per heavy atom. The molecule has 4 N–H and O–H groups in total. The van der Waals surface area contributed by atoms with Crippen molar-refractivity contribution < 1.29 is 13.2 Å². The van der Waals surface area contributed by atoms with Crippen LogP contribution in [0.15, 0.2) is 70.5 Å². The number of carbonyl (C=O) groups excluding carboxylic acids is 1. The zero-order valence-corrected chi connectivity index (χ0v) is 16.6. The minimum atomic E-state index is -3.68. The van der Waals surface area contributed by atoms with Crippen molar-refractivity contribution in [2.45, 2.75) is 24.4 Å². The highest BCUT2D eigenvalue weighted by atomic mass is 32.2. The fourth-order valence-electron chi connectivity index (χ4n) is 2.84. The predicted molar refractivity (Wildman–Crippen MR) is 110 cm³/mol. The van der Waals surface area contributed by atoms with Gasteiger partial charge in [0.2, 0.25) is 10.0 Å². The van der Waals surface area contributed by atoms with E-state index >= 15 is 0 Å². The fourth-order valence-corrected chi connectivity index (χ4v) is 4.11. The second-order valence-corrected chi connectivity index (χ2v) is 8.38. The van der Waals surface area contributed by atoms with Crippen molar-refractivity contribution in [3.05, 3.63) is 82.3 Å².